The first-order valence-electron chi connectivity index (χ1n) is 11.6. The second-order valence-corrected chi connectivity index (χ2v) is 10.9. The first-order valence-corrected chi connectivity index (χ1v) is 13.5. The minimum Gasteiger partial charge on any atom is -0.354 e. The Morgan fingerprint density at radius 3 is 2.18 bits per heavy atom. The van der Waals surface area contributed by atoms with Crippen LogP contribution in [0.1, 0.15) is 44.7 Å². The number of carbonyl (C=O) groups excluding carboxylic acids is 2. The van der Waals surface area contributed by atoms with Crippen molar-refractivity contribution in [3.63, 3.8) is 0 Å². The predicted octanol–water partition coefficient (Wildman–Crippen LogP) is 3.73. The number of carbonyl (C=O) groups is 2. The number of aryl methyl sites for hydroxylation is 1. The lowest BCUT2D eigenvalue weighted by Gasteiger charge is -2.30. The number of amides is 2. The summed E-state index contributed by atoms with van der Waals surface area (Å²) in [5.74, 6) is -0.0775. The molecule has 1 N–H and O–H groups in total. The third-order valence-corrected chi connectivity index (χ3v) is 6.84. The van der Waals surface area contributed by atoms with Gasteiger partial charge in [-0.3, -0.25) is 13.9 Å². The van der Waals surface area contributed by atoms with Gasteiger partial charge in [-0.2, -0.15) is 0 Å². The van der Waals surface area contributed by atoms with Gasteiger partial charge in [0.25, 0.3) is 0 Å². The maximum absolute atomic E-state index is 13.3. The zero-order valence-corrected chi connectivity index (χ0v) is 21.6. The zero-order chi connectivity index (χ0) is 25.3. The molecule has 0 aromatic heterocycles. The van der Waals surface area contributed by atoms with Crippen molar-refractivity contribution < 1.29 is 18.0 Å². The van der Waals surface area contributed by atoms with Gasteiger partial charge >= 0.3 is 0 Å². The fraction of sp³-hybridized carbons (Fsp3) is 0.462. The second kappa shape index (κ2) is 12.6. The van der Waals surface area contributed by atoms with Crippen molar-refractivity contribution in [2.75, 3.05) is 23.7 Å². The number of nitrogens with zero attached hydrogens (tertiary/aromatic N) is 2. The van der Waals surface area contributed by atoms with Crippen molar-refractivity contribution in [3.05, 3.63) is 65.7 Å². The average molecular weight is 488 g/mol. The normalized spacial score (nSPS) is 12.3. The molecule has 0 saturated heterocycles. The number of rotatable bonds is 12. The first-order chi connectivity index (χ1) is 16.0. The van der Waals surface area contributed by atoms with E-state index in [0.29, 0.717) is 31.1 Å². The lowest BCUT2D eigenvalue weighted by Crippen LogP contribution is -2.48. The number of hydrogen-bond acceptors (Lipinski definition) is 4. The molecule has 0 bridgehead atoms. The van der Waals surface area contributed by atoms with Gasteiger partial charge in [0.05, 0.1) is 11.9 Å². The summed E-state index contributed by atoms with van der Waals surface area (Å²) in [5, 5.41) is 2.91. The summed E-state index contributed by atoms with van der Waals surface area (Å²) in [4.78, 5) is 27.7. The van der Waals surface area contributed by atoms with Crippen LogP contribution in [0.15, 0.2) is 54.6 Å². The molecule has 186 valence electrons. The molecule has 0 spiro atoms. The van der Waals surface area contributed by atoms with Crippen molar-refractivity contribution in [2.24, 2.45) is 5.92 Å². The maximum Gasteiger partial charge on any atom is 0.242 e. The molecule has 0 heterocycles. The Kier molecular flexibility index (Phi) is 10.1. The molecule has 0 fully saturated rings. The molecule has 34 heavy (non-hydrogen) atoms. The van der Waals surface area contributed by atoms with Crippen LogP contribution in [0.5, 0.6) is 0 Å². The Balaban J connectivity index is 2.15. The van der Waals surface area contributed by atoms with Crippen molar-refractivity contribution in [1.82, 2.24) is 10.2 Å². The van der Waals surface area contributed by atoms with Crippen LogP contribution in [0.2, 0.25) is 0 Å². The van der Waals surface area contributed by atoms with E-state index in [4.69, 9.17) is 0 Å². The Morgan fingerprint density at radius 1 is 0.971 bits per heavy atom. The van der Waals surface area contributed by atoms with E-state index in [0.717, 1.165) is 17.4 Å². The van der Waals surface area contributed by atoms with E-state index >= 15 is 0 Å². The van der Waals surface area contributed by atoms with Crippen LogP contribution >= 0.6 is 0 Å². The second-order valence-electron chi connectivity index (χ2n) is 9.04. The van der Waals surface area contributed by atoms with Crippen LogP contribution in [0.3, 0.4) is 0 Å². The predicted molar refractivity (Wildman–Crippen MR) is 137 cm³/mol. The molecule has 2 aromatic rings. The van der Waals surface area contributed by atoms with Crippen molar-refractivity contribution in [1.29, 1.82) is 0 Å². The fourth-order valence-electron chi connectivity index (χ4n) is 3.60. The highest BCUT2D eigenvalue weighted by molar-refractivity contribution is 7.92. The van der Waals surface area contributed by atoms with Crippen LogP contribution < -0.4 is 9.62 Å². The molecular formula is C26H37N3O4S. The summed E-state index contributed by atoms with van der Waals surface area (Å²) >= 11 is 0. The van der Waals surface area contributed by atoms with Gasteiger partial charge in [0.2, 0.25) is 21.8 Å². The summed E-state index contributed by atoms with van der Waals surface area (Å²) in [6.45, 7) is 8.78. The van der Waals surface area contributed by atoms with Gasteiger partial charge in [-0.25, -0.2) is 8.42 Å². The molecule has 0 unspecified atom stereocenters. The van der Waals surface area contributed by atoms with Crippen LogP contribution in [0.4, 0.5) is 5.69 Å². The molecule has 2 amide bonds. The van der Waals surface area contributed by atoms with Crippen LogP contribution in [0, 0.1) is 12.8 Å². The topological polar surface area (TPSA) is 86.8 Å². The van der Waals surface area contributed by atoms with E-state index in [2.05, 4.69) is 5.32 Å². The number of para-hydroxylation sites is 1. The standard InChI is InChI=1S/C26H37N3O4S/c1-20(2)18-27-26(31)22(4)28(19-23-13-10-9-12-21(23)3)25(30)16-11-17-29(34(5,32)33)24-14-7-6-8-15-24/h6-10,12-15,20,22H,11,16-19H2,1-5H3,(H,27,31)/t22-/m0/s1. The minimum absolute atomic E-state index is 0.131. The molecular weight excluding hydrogens is 450 g/mol. The number of hydrogen-bond donors (Lipinski definition) is 1. The fourth-order valence-corrected chi connectivity index (χ4v) is 4.57. The molecule has 1 atom stereocenters. The van der Waals surface area contributed by atoms with Gasteiger partial charge in [0.15, 0.2) is 0 Å². The highest BCUT2D eigenvalue weighted by Gasteiger charge is 2.27. The van der Waals surface area contributed by atoms with Crippen LogP contribution in [-0.4, -0.2) is 50.5 Å². The van der Waals surface area contributed by atoms with E-state index in [-0.39, 0.29) is 24.8 Å². The Bertz CT molecular complexity index is 1050. The molecule has 2 rings (SSSR count). The summed E-state index contributed by atoms with van der Waals surface area (Å²) in [6, 6.07) is 16.0. The van der Waals surface area contributed by atoms with Crippen LogP contribution in [0.25, 0.3) is 0 Å². The van der Waals surface area contributed by atoms with Crippen molar-refractivity contribution >= 4 is 27.5 Å². The third kappa shape index (κ3) is 8.17. The lowest BCUT2D eigenvalue weighted by atomic mass is 10.1. The SMILES string of the molecule is Cc1ccccc1CN(C(=O)CCCN(c1ccccc1)S(C)(=O)=O)[C@@H](C)C(=O)NCC(C)C. The van der Waals surface area contributed by atoms with E-state index in [1.807, 2.05) is 51.1 Å². The number of benzene rings is 2. The lowest BCUT2D eigenvalue weighted by molar-refractivity contribution is -0.140. The Hall–Kier alpha value is -2.87. The molecule has 0 saturated carbocycles. The smallest absolute Gasteiger partial charge is 0.242 e. The third-order valence-electron chi connectivity index (χ3n) is 5.65. The highest BCUT2D eigenvalue weighted by Crippen LogP contribution is 2.19. The van der Waals surface area contributed by atoms with E-state index in [9.17, 15) is 18.0 Å². The van der Waals surface area contributed by atoms with Gasteiger partial charge in [-0.15, -0.1) is 0 Å². The molecule has 0 aliphatic rings. The number of sulfonamides is 1. The minimum atomic E-state index is -3.49. The quantitative estimate of drug-likeness (QED) is 0.494. The zero-order valence-electron chi connectivity index (χ0n) is 20.8. The summed E-state index contributed by atoms with van der Waals surface area (Å²) in [7, 11) is -3.49. The van der Waals surface area contributed by atoms with E-state index in [1.54, 1.807) is 36.1 Å². The summed E-state index contributed by atoms with van der Waals surface area (Å²) in [6.07, 6.45) is 1.63. The van der Waals surface area contributed by atoms with Gasteiger partial charge in [0.1, 0.15) is 6.04 Å². The van der Waals surface area contributed by atoms with Gasteiger partial charge in [0, 0.05) is 26.1 Å². The Morgan fingerprint density at radius 2 is 1.59 bits per heavy atom. The Labute approximate surface area is 204 Å². The van der Waals surface area contributed by atoms with E-state index < -0.39 is 16.1 Å². The highest BCUT2D eigenvalue weighted by atomic mass is 32.2. The van der Waals surface area contributed by atoms with Gasteiger partial charge < -0.3 is 10.2 Å². The molecule has 0 aliphatic carbocycles. The van der Waals surface area contributed by atoms with Crippen LogP contribution in [-0.2, 0) is 26.2 Å². The van der Waals surface area contributed by atoms with Gasteiger partial charge in [-0.05, 0) is 49.4 Å². The van der Waals surface area contributed by atoms with Crippen molar-refractivity contribution in [2.45, 2.75) is 53.1 Å². The summed E-state index contributed by atoms with van der Waals surface area (Å²) < 4.78 is 26.0. The number of nitrogens with one attached hydrogen (secondary N) is 1. The average Bonchev–Trinajstić information content (AvgIpc) is 2.78. The van der Waals surface area contributed by atoms with E-state index in [1.165, 1.54) is 4.31 Å². The molecule has 8 heteroatoms. The molecule has 7 nitrogen and oxygen atoms in total. The van der Waals surface area contributed by atoms with Gasteiger partial charge in [-0.1, -0.05) is 56.3 Å². The molecule has 0 radical (unpaired) electrons. The largest absolute Gasteiger partial charge is 0.354 e. The molecule has 2 aromatic carbocycles. The van der Waals surface area contributed by atoms with Crippen molar-refractivity contribution in [3.8, 4) is 0 Å². The maximum atomic E-state index is 13.3. The first kappa shape index (κ1) is 27.4. The molecule has 0 aliphatic heterocycles. The summed E-state index contributed by atoms with van der Waals surface area (Å²) in [5.41, 5.74) is 2.58. The monoisotopic (exact) mass is 487 g/mol. The number of anilines is 1.